The molecule has 1 aromatic carbocycles. The lowest BCUT2D eigenvalue weighted by atomic mass is 10.0. The molecule has 14 heteroatoms. The monoisotopic (exact) mass is 634 g/mol. The summed E-state index contributed by atoms with van der Waals surface area (Å²) in [4.78, 5) is 56.6. The Balaban J connectivity index is 1.07. The Hall–Kier alpha value is -4.72. The zero-order valence-corrected chi connectivity index (χ0v) is 25.4. The first-order valence-corrected chi connectivity index (χ1v) is 15.5. The van der Waals surface area contributed by atoms with Crippen LogP contribution in [0.15, 0.2) is 42.7 Å². The molecule has 0 bridgehead atoms. The summed E-state index contributed by atoms with van der Waals surface area (Å²) in [5, 5.41) is 8.35. The van der Waals surface area contributed by atoms with Gasteiger partial charge in [0, 0.05) is 58.2 Å². The lowest BCUT2D eigenvalue weighted by molar-refractivity contribution is -0.151. The second-order valence-electron chi connectivity index (χ2n) is 11.2. The Morgan fingerprint density at radius 2 is 1.76 bits per heavy atom. The fourth-order valence-electron chi connectivity index (χ4n) is 5.11. The van der Waals surface area contributed by atoms with E-state index in [1.54, 1.807) is 40.4 Å². The molecule has 6 rings (SSSR count). The van der Waals surface area contributed by atoms with Gasteiger partial charge in [-0.3, -0.25) is 24.2 Å². The van der Waals surface area contributed by atoms with Crippen molar-refractivity contribution in [2.45, 2.75) is 39.2 Å². The van der Waals surface area contributed by atoms with Crippen molar-refractivity contribution in [1.29, 1.82) is 0 Å². The van der Waals surface area contributed by atoms with E-state index >= 15 is 0 Å². The molecule has 0 N–H and O–H groups in total. The van der Waals surface area contributed by atoms with Gasteiger partial charge in [-0.25, -0.2) is 9.07 Å². The number of carbonyl (C=O) groups is 4. The minimum Gasteiger partial charge on any atom is -0.456 e. The molecule has 4 aromatic rings. The number of rotatable bonds is 11. The highest BCUT2D eigenvalue weighted by Crippen LogP contribution is 2.39. The topological polar surface area (TPSA) is 137 Å². The van der Waals surface area contributed by atoms with E-state index in [0.29, 0.717) is 65.7 Å². The van der Waals surface area contributed by atoms with Gasteiger partial charge in [-0.05, 0) is 42.5 Å². The zero-order valence-electron chi connectivity index (χ0n) is 24.6. The van der Waals surface area contributed by atoms with Crippen molar-refractivity contribution in [1.82, 2.24) is 29.8 Å². The van der Waals surface area contributed by atoms with Crippen molar-refractivity contribution >= 4 is 45.1 Å². The van der Waals surface area contributed by atoms with Crippen LogP contribution < -0.4 is 4.74 Å². The summed E-state index contributed by atoms with van der Waals surface area (Å²) in [7, 11) is 0. The van der Waals surface area contributed by atoms with Crippen molar-refractivity contribution in [2.24, 2.45) is 5.92 Å². The number of hydrogen-bond donors (Lipinski definition) is 0. The molecule has 0 spiro atoms. The zero-order chi connectivity index (χ0) is 31.5. The summed E-state index contributed by atoms with van der Waals surface area (Å²) in [6.45, 7) is 2.34. The summed E-state index contributed by atoms with van der Waals surface area (Å²) in [5.41, 5.74) is 1.81. The third-order valence-electron chi connectivity index (χ3n) is 7.68. The average molecular weight is 635 g/mol. The number of Topliss-reactive ketones (excluding diaryl/α,β-unsaturated/α-hetero) is 1. The van der Waals surface area contributed by atoms with Gasteiger partial charge in [-0.1, -0.05) is 11.3 Å². The Morgan fingerprint density at radius 3 is 2.47 bits per heavy atom. The number of hydrogen-bond acceptors (Lipinski definition) is 10. The van der Waals surface area contributed by atoms with Crippen LogP contribution in [0.4, 0.5) is 4.39 Å². The molecule has 12 nitrogen and oxygen atoms in total. The van der Waals surface area contributed by atoms with E-state index in [9.17, 15) is 23.6 Å². The summed E-state index contributed by atoms with van der Waals surface area (Å²) < 4.78 is 27.8. The van der Waals surface area contributed by atoms with Crippen LogP contribution in [0.25, 0.3) is 20.8 Å². The number of fused-ring (bicyclic) bond motifs is 1. The SMILES string of the molecule is CC(=O)OCC(=O)N1CCN(C(=O)Cn2cc(-c3cc4nccc(Oc5ccc(CC(=O)CC6CC6)cc5F)c4s3)nn2)CC1. The molecule has 0 atom stereocenters. The van der Waals surface area contributed by atoms with E-state index in [-0.39, 0.29) is 42.9 Å². The van der Waals surface area contributed by atoms with E-state index in [1.165, 1.54) is 29.0 Å². The standard InChI is InChI=1S/C31H31FN6O6S/c1-19(39)43-18-30(42)37-10-8-36(9-11-37)29(41)17-38-16-25(34-35-38)28-15-24-31(45-28)27(6-7-33-24)44-26-5-4-21(14-23(26)32)13-22(40)12-20-2-3-20/h4-7,14-16,20H,2-3,8-13,17-18H2,1H3. The van der Waals surface area contributed by atoms with E-state index in [4.69, 9.17) is 9.47 Å². The number of thiophene rings is 1. The number of amides is 2. The predicted octanol–water partition coefficient (Wildman–Crippen LogP) is 3.63. The van der Waals surface area contributed by atoms with Gasteiger partial charge in [0.2, 0.25) is 5.91 Å². The second-order valence-corrected chi connectivity index (χ2v) is 12.3. The van der Waals surface area contributed by atoms with E-state index in [0.717, 1.165) is 17.7 Å². The highest BCUT2D eigenvalue weighted by Gasteiger charge is 2.26. The molecule has 1 saturated heterocycles. The van der Waals surface area contributed by atoms with Gasteiger partial charge in [0.25, 0.3) is 5.91 Å². The van der Waals surface area contributed by atoms with E-state index in [2.05, 4.69) is 15.3 Å². The lowest BCUT2D eigenvalue weighted by Gasteiger charge is -2.34. The third kappa shape index (κ3) is 7.51. The molecular formula is C31H31FN6O6S. The second kappa shape index (κ2) is 13.1. The fraction of sp³-hybridized carbons (Fsp3) is 0.387. The molecular weight excluding hydrogens is 603 g/mol. The van der Waals surface area contributed by atoms with Crippen LogP contribution in [0.1, 0.15) is 31.7 Å². The van der Waals surface area contributed by atoms with Crippen LogP contribution in [0.5, 0.6) is 11.5 Å². The lowest BCUT2D eigenvalue weighted by Crippen LogP contribution is -2.52. The smallest absolute Gasteiger partial charge is 0.303 e. The number of ether oxygens (including phenoxy) is 2. The van der Waals surface area contributed by atoms with E-state index in [1.807, 2.05) is 6.07 Å². The van der Waals surface area contributed by atoms with Crippen molar-refractivity contribution in [3.63, 3.8) is 0 Å². The van der Waals surface area contributed by atoms with Crippen LogP contribution in [0.2, 0.25) is 0 Å². The Morgan fingerprint density at radius 1 is 1.00 bits per heavy atom. The molecule has 45 heavy (non-hydrogen) atoms. The number of pyridine rings is 1. The van der Waals surface area contributed by atoms with Gasteiger partial charge in [-0.2, -0.15) is 0 Å². The summed E-state index contributed by atoms with van der Waals surface area (Å²) in [6.07, 6.45) is 6.22. The van der Waals surface area contributed by atoms with Crippen LogP contribution >= 0.6 is 11.3 Å². The first-order chi connectivity index (χ1) is 21.7. The highest BCUT2D eigenvalue weighted by atomic mass is 32.1. The minimum absolute atomic E-state index is 0.0205. The van der Waals surface area contributed by atoms with Crippen molar-refractivity contribution < 1.29 is 33.0 Å². The maximum absolute atomic E-state index is 15.0. The molecule has 234 valence electrons. The van der Waals surface area contributed by atoms with Crippen molar-refractivity contribution in [3.8, 4) is 22.1 Å². The first kappa shape index (κ1) is 30.3. The average Bonchev–Trinajstić information content (AvgIpc) is 3.51. The highest BCUT2D eigenvalue weighted by molar-refractivity contribution is 7.22. The predicted molar refractivity (Wildman–Crippen MR) is 161 cm³/mol. The number of benzene rings is 1. The fourth-order valence-corrected chi connectivity index (χ4v) is 6.12. The van der Waals surface area contributed by atoms with Crippen molar-refractivity contribution in [2.75, 3.05) is 32.8 Å². The quantitative estimate of drug-likeness (QED) is 0.227. The van der Waals surface area contributed by atoms with Crippen LogP contribution in [0, 0.1) is 11.7 Å². The maximum atomic E-state index is 15.0. The number of aromatic nitrogens is 4. The van der Waals surface area contributed by atoms with Gasteiger partial charge in [0.05, 0.1) is 21.3 Å². The molecule has 1 saturated carbocycles. The summed E-state index contributed by atoms with van der Waals surface area (Å²) in [5.74, 6) is -0.413. The Kier molecular flexibility index (Phi) is 8.83. The van der Waals surface area contributed by atoms with Gasteiger partial charge < -0.3 is 19.3 Å². The molecule has 3 aromatic heterocycles. The number of piperazine rings is 1. The van der Waals surface area contributed by atoms with Gasteiger partial charge in [0.15, 0.2) is 18.2 Å². The summed E-state index contributed by atoms with van der Waals surface area (Å²) >= 11 is 1.36. The first-order valence-electron chi connectivity index (χ1n) is 14.7. The van der Waals surface area contributed by atoms with Crippen LogP contribution in [-0.4, -0.2) is 86.1 Å². The van der Waals surface area contributed by atoms with Gasteiger partial charge >= 0.3 is 5.97 Å². The van der Waals surface area contributed by atoms with E-state index < -0.39 is 11.8 Å². The normalized spacial score (nSPS) is 14.9. The molecule has 2 aliphatic rings. The molecule has 2 fully saturated rings. The number of ketones is 1. The van der Waals surface area contributed by atoms with Gasteiger partial charge in [-0.15, -0.1) is 16.4 Å². The van der Waals surface area contributed by atoms with Crippen LogP contribution in [-0.2, 0) is 36.9 Å². The number of carbonyl (C=O) groups excluding carboxylic acids is 4. The molecule has 0 unspecified atom stereocenters. The van der Waals surface area contributed by atoms with Gasteiger partial charge in [0.1, 0.15) is 23.8 Å². The Bertz CT molecular complexity index is 1760. The maximum Gasteiger partial charge on any atom is 0.303 e. The Labute approximate surface area is 261 Å². The molecule has 1 aliphatic heterocycles. The number of halogens is 1. The number of nitrogens with zero attached hydrogens (tertiary/aromatic N) is 6. The molecule has 1 aliphatic carbocycles. The molecule has 4 heterocycles. The minimum atomic E-state index is -0.545. The molecule has 0 radical (unpaired) electrons. The number of esters is 1. The largest absolute Gasteiger partial charge is 0.456 e. The molecule has 2 amide bonds. The third-order valence-corrected chi connectivity index (χ3v) is 8.84. The van der Waals surface area contributed by atoms with Crippen LogP contribution in [0.3, 0.4) is 0 Å². The van der Waals surface area contributed by atoms with Crippen molar-refractivity contribution in [3.05, 3.63) is 54.1 Å². The summed E-state index contributed by atoms with van der Waals surface area (Å²) in [6, 6.07) is 8.10.